The van der Waals surface area contributed by atoms with Crippen molar-refractivity contribution in [2.45, 2.75) is 13.8 Å². The van der Waals surface area contributed by atoms with E-state index in [0.29, 0.717) is 0 Å². The van der Waals surface area contributed by atoms with E-state index >= 15 is 0 Å². The number of hydrogen-bond donors (Lipinski definition) is 0. The lowest BCUT2D eigenvalue weighted by molar-refractivity contribution is 0.312. The van der Waals surface area contributed by atoms with Crippen LogP contribution in [0.3, 0.4) is 0 Å². The van der Waals surface area contributed by atoms with Crippen LogP contribution < -0.4 is 4.90 Å². The van der Waals surface area contributed by atoms with E-state index in [2.05, 4.69) is 64.0 Å². The number of hydrogen-bond acceptors (Lipinski definition) is 5. The highest BCUT2D eigenvalue weighted by Gasteiger charge is 2.19. The predicted octanol–water partition coefficient (Wildman–Crippen LogP) is 2.18. The van der Waals surface area contributed by atoms with Gasteiger partial charge in [0.1, 0.15) is 12.1 Å². The molecule has 0 radical (unpaired) electrons. The fourth-order valence-corrected chi connectivity index (χ4v) is 3.15. The van der Waals surface area contributed by atoms with Gasteiger partial charge >= 0.3 is 0 Å². The third-order valence-corrected chi connectivity index (χ3v) is 4.88. The van der Waals surface area contributed by atoms with Crippen LogP contribution in [0.1, 0.15) is 11.1 Å². The third-order valence-electron chi connectivity index (χ3n) is 4.88. The van der Waals surface area contributed by atoms with Crippen molar-refractivity contribution in [3.63, 3.8) is 0 Å². The fourth-order valence-electron chi connectivity index (χ4n) is 3.15. The number of likely N-dealkylation sites (N-methyl/N-ethyl adjacent to an activating group) is 1. The lowest BCUT2D eigenvalue weighted by atomic mass is 10.1. The second-order valence-electron chi connectivity index (χ2n) is 6.55. The fraction of sp³-hybridized carbons (Fsp3) is 0.389. The first-order valence-electron chi connectivity index (χ1n) is 8.33. The van der Waals surface area contributed by atoms with E-state index in [1.807, 2.05) is 10.9 Å². The van der Waals surface area contributed by atoms with Gasteiger partial charge in [0, 0.05) is 26.2 Å². The monoisotopic (exact) mass is 322 g/mol. The minimum absolute atomic E-state index is 0.863. The van der Waals surface area contributed by atoms with Crippen LogP contribution in [0.4, 0.5) is 5.82 Å². The van der Waals surface area contributed by atoms with Crippen molar-refractivity contribution in [2.75, 3.05) is 38.1 Å². The number of anilines is 1. The SMILES string of the molecule is Cc1ccc(-n2ncc3c(N4CCN(C)CC4)ncnc32)cc1C. The second kappa shape index (κ2) is 5.87. The number of fused-ring (bicyclic) bond motifs is 1. The number of rotatable bonds is 2. The molecule has 24 heavy (non-hydrogen) atoms. The van der Waals surface area contributed by atoms with E-state index in [9.17, 15) is 0 Å². The van der Waals surface area contributed by atoms with Crippen molar-refractivity contribution in [2.24, 2.45) is 0 Å². The highest BCUT2D eigenvalue weighted by Crippen LogP contribution is 2.25. The van der Waals surface area contributed by atoms with Gasteiger partial charge in [-0.25, -0.2) is 14.6 Å². The number of aryl methyl sites for hydroxylation is 2. The van der Waals surface area contributed by atoms with Crippen LogP contribution >= 0.6 is 0 Å². The van der Waals surface area contributed by atoms with E-state index in [1.54, 1.807) is 6.33 Å². The molecule has 6 nitrogen and oxygen atoms in total. The average Bonchev–Trinajstić information content (AvgIpc) is 3.02. The maximum Gasteiger partial charge on any atom is 0.168 e. The van der Waals surface area contributed by atoms with Gasteiger partial charge in [-0.2, -0.15) is 5.10 Å². The summed E-state index contributed by atoms with van der Waals surface area (Å²) in [5.74, 6) is 0.989. The minimum Gasteiger partial charge on any atom is -0.353 e. The van der Waals surface area contributed by atoms with Crippen molar-refractivity contribution in [3.8, 4) is 5.69 Å². The molecule has 124 valence electrons. The molecule has 3 aromatic rings. The number of piperazine rings is 1. The molecule has 3 heterocycles. The molecule has 1 saturated heterocycles. The summed E-state index contributed by atoms with van der Waals surface area (Å²) in [4.78, 5) is 13.7. The van der Waals surface area contributed by atoms with Crippen LogP contribution in [0.15, 0.2) is 30.7 Å². The first-order valence-corrected chi connectivity index (χ1v) is 8.33. The van der Waals surface area contributed by atoms with Crippen molar-refractivity contribution < 1.29 is 0 Å². The van der Waals surface area contributed by atoms with Gasteiger partial charge in [-0.05, 0) is 44.2 Å². The highest BCUT2D eigenvalue weighted by atomic mass is 15.3. The van der Waals surface area contributed by atoms with E-state index < -0.39 is 0 Å². The van der Waals surface area contributed by atoms with Gasteiger partial charge in [0.15, 0.2) is 5.65 Å². The summed E-state index contributed by atoms with van der Waals surface area (Å²) in [7, 11) is 2.16. The summed E-state index contributed by atoms with van der Waals surface area (Å²) >= 11 is 0. The molecule has 6 heteroatoms. The van der Waals surface area contributed by atoms with Gasteiger partial charge in [0.25, 0.3) is 0 Å². The van der Waals surface area contributed by atoms with Crippen molar-refractivity contribution >= 4 is 16.9 Å². The molecule has 2 aromatic heterocycles. The van der Waals surface area contributed by atoms with Crippen molar-refractivity contribution in [1.82, 2.24) is 24.6 Å². The van der Waals surface area contributed by atoms with Gasteiger partial charge in [0.2, 0.25) is 0 Å². The van der Waals surface area contributed by atoms with E-state index in [4.69, 9.17) is 0 Å². The molecule has 0 aliphatic carbocycles. The smallest absolute Gasteiger partial charge is 0.168 e. The standard InChI is InChI=1S/C18H22N6/c1-13-4-5-15(10-14(13)2)24-18-16(11-21-24)17(19-12-20-18)23-8-6-22(3)7-9-23/h4-5,10-12H,6-9H2,1-3H3. The highest BCUT2D eigenvalue weighted by molar-refractivity contribution is 5.87. The lowest BCUT2D eigenvalue weighted by Crippen LogP contribution is -2.44. The molecule has 0 spiro atoms. The molecule has 0 unspecified atom stereocenters. The van der Waals surface area contributed by atoms with Crippen LogP contribution in [-0.2, 0) is 0 Å². The Morgan fingerprint density at radius 3 is 2.50 bits per heavy atom. The van der Waals surface area contributed by atoms with Gasteiger partial charge in [-0.1, -0.05) is 6.07 Å². The summed E-state index contributed by atoms with van der Waals surface area (Å²) in [5, 5.41) is 5.60. The van der Waals surface area contributed by atoms with E-state index in [1.165, 1.54) is 11.1 Å². The Hall–Kier alpha value is -2.47. The third kappa shape index (κ3) is 2.53. The van der Waals surface area contributed by atoms with E-state index in [-0.39, 0.29) is 0 Å². The Labute approximate surface area is 141 Å². The molecule has 0 saturated carbocycles. The molecule has 1 fully saturated rings. The zero-order valence-electron chi connectivity index (χ0n) is 14.4. The van der Waals surface area contributed by atoms with Crippen LogP contribution in [0.2, 0.25) is 0 Å². The van der Waals surface area contributed by atoms with Gasteiger partial charge in [0.05, 0.1) is 17.3 Å². The Kier molecular flexibility index (Phi) is 3.69. The van der Waals surface area contributed by atoms with Crippen LogP contribution in [0.5, 0.6) is 0 Å². The van der Waals surface area contributed by atoms with Crippen molar-refractivity contribution in [1.29, 1.82) is 0 Å². The first kappa shape index (κ1) is 15.1. The molecule has 1 aliphatic rings. The average molecular weight is 322 g/mol. The second-order valence-corrected chi connectivity index (χ2v) is 6.55. The molecule has 0 bridgehead atoms. The maximum atomic E-state index is 4.58. The Balaban J connectivity index is 1.77. The molecule has 4 rings (SSSR count). The summed E-state index contributed by atoms with van der Waals surface area (Å²) in [6, 6.07) is 6.37. The Bertz CT molecular complexity index is 876. The molecular weight excluding hydrogens is 300 g/mol. The first-order chi connectivity index (χ1) is 11.6. The Morgan fingerprint density at radius 1 is 0.958 bits per heavy atom. The van der Waals surface area contributed by atoms with Crippen molar-refractivity contribution in [3.05, 3.63) is 41.9 Å². The lowest BCUT2D eigenvalue weighted by Gasteiger charge is -2.33. The number of nitrogens with zero attached hydrogens (tertiary/aromatic N) is 6. The zero-order chi connectivity index (χ0) is 16.7. The van der Waals surface area contributed by atoms with Crippen LogP contribution in [0.25, 0.3) is 16.7 Å². The number of benzene rings is 1. The van der Waals surface area contributed by atoms with Crippen LogP contribution in [0, 0.1) is 13.8 Å². The molecule has 0 atom stereocenters. The molecular formula is C18H22N6. The topological polar surface area (TPSA) is 50.1 Å². The van der Waals surface area contributed by atoms with Gasteiger partial charge in [-0.3, -0.25) is 0 Å². The molecule has 1 aliphatic heterocycles. The quantitative estimate of drug-likeness (QED) is 0.724. The minimum atomic E-state index is 0.863. The predicted molar refractivity (Wildman–Crippen MR) is 95.8 cm³/mol. The summed E-state index contributed by atoms with van der Waals surface area (Å²) in [6.45, 7) is 8.31. The zero-order valence-corrected chi connectivity index (χ0v) is 14.4. The van der Waals surface area contributed by atoms with E-state index in [0.717, 1.165) is 48.7 Å². The molecule has 0 N–H and O–H groups in total. The largest absolute Gasteiger partial charge is 0.353 e. The molecule has 0 amide bonds. The van der Waals surface area contributed by atoms with Gasteiger partial charge in [-0.15, -0.1) is 0 Å². The van der Waals surface area contributed by atoms with Crippen LogP contribution in [-0.4, -0.2) is 57.9 Å². The summed E-state index contributed by atoms with van der Waals surface area (Å²) in [5.41, 5.74) is 4.44. The number of aromatic nitrogens is 4. The molecule has 1 aromatic carbocycles. The summed E-state index contributed by atoms with van der Waals surface area (Å²) in [6.07, 6.45) is 3.54. The normalized spacial score (nSPS) is 16.0. The Morgan fingerprint density at radius 2 is 1.75 bits per heavy atom. The summed E-state index contributed by atoms with van der Waals surface area (Å²) < 4.78 is 1.91. The maximum absolute atomic E-state index is 4.58. The van der Waals surface area contributed by atoms with Gasteiger partial charge < -0.3 is 9.80 Å².